The van der Waals surface area contributed by atoms with Gasteiger partial charge in [0.25, 0.3) is 5.88 Å². The van der Waals surface area contributed by atoms with E-state index in [1.807, 2.05) is 6.07 Å². The highest BCUT2D eigenvalue weighted by Gasteiger charge is 2.18. The van der Waals surface area contributed by atoms with Crippen molar-refractivity contribution in [3.63, 3.8) is 0 Å². The highest BCUT2D eigenvalue weighted by Crippen LogP contribution is 2.35. The van der Waals surface area contributed by atoms with Crippen molar-refractivity contribution in [3.8, 4) is 17.7 Å². The van der Waals surface area contributed by atoms with Gasteiger partial charge in [0, 0.05) is 0 Å². The van der Waals surface area contributed by atoms with Gasteiger partial charge >= 0.3 is 0 Å². The summed E-state index contributed by atoms with van der Waals surface area (Å²) in [7, 11) is 0. The van der Waals surface area contributed by atoms with Gasteiger partial charge in [-0.05, 0) is 12.1 Å². The number of aromatic nitrogens is 2. The van der Waals surface area contributed by atoms with E-state index in [0.717, 1.165) is 6.20 Å². The summed E-state index contributed by atoms with van der Waals surface area (Å²) in [6.07, 6.45) is 0.895. The predicted molar refractivity (Wildman–Crippen MR) is 67.4 cm³/mol. The molecule has 6 nitrogen and oxygen atoms in total. The quantitative estimate of drug-likeness (QED) is 0.768. The first-order chi connectivity index (χ1) is 9.69. The third-order valence-electron chi connectivity index (χ3n) is 2.58. The Labute approximate surface area is 112 Å². The van der Waals surface area contributed by atoms with Crippen LogP contribution in [0.3, 0.4) is 0 Å². The van der Waals surface area contributed by atoms with Crippen LogP contribution in [0.5, 0.6) is 11.6 Å². The molecule has 0 bridgehead atoms. The van der Waals surface area contributed by atoms with Crippen molar-refractivity contribution in [1.82, 2.24) is 9.97 Å². The minimum atomic E-state index is -0.784. The van der Waals surface area contributed by atoms with Gasteiger partial charge in [0.2, 0.25) is 17.5 Å². The van der Waals surface area contributed by atoms with Gasteiger partial charge in [0.05, 0.1) is 11.6 Å². The maximum Gasteiger partial charge on any atom is 0.261 e. The van der Waals surface area contributed by atoms with Crippen molar-refractivity contribution in [3.05, 3.63) is 42.0 Å². The maximum atomic E-state index is 13.6. The third-order valence-corrected chi connectivity index (χ3v) is 2.58. The van der Waals surface area contributed by atoms with E-state index < -0.39 is 5.82 Å². The number of hydrogen-bond donors (Lipinski definition) is 1. The van der Waals surface area contributed by atoms with Crippen LogP contribution in [0.1, 0.15) is 5.76 Å². The molecule has 0 aliphatic rings. The molecule has 0 fully saturated rings. The van der Waals surface area contributed by atoms with Crippen LogP contribution >= 0.6 is 0 Å². The summed E-state index contributed by atoms with van der Waals surface area (Å²) in [5.74, 6) is -1.25. The molecular formula is C13H7FN4O2. The number of ether oxygens (including phenoxy) is 1. The zero-order valence-corrected chi connectivity index (χ0v) is 10.0. The number of fused-ring (bicyclic) bond motifs is 1. The fourth-order valence-electron chi connectivity index (χ4n) is 1.73. The van der Waals surface area contributed by atoms with Crippen LogP contribution in [0.4, 0.5) is 10.3 Å². The van der Waals surface area contributed by atoms with E-state index in [0.29, 0.717) is 11.0 Å². The van der Waals surface area contributed by atoms with E-state index in [4.69, 9.17) is 20.1 Å². The van der Waals surface area contributed by atoms with Crippen LogP contribution in [-0.2, 0) is 0 Å². The van der Waals surface area contributed by atoms with Gasteiger partial charge in [0.15, 0.2) is 5.75 Å². The molecule has 0 spiro atoms. The van der Waals surface area contributed by atoms with Gasteiger partial charge in [-0.1, -0.05) is 12.1 Å². The Morgan fingerprint density at radius 2 is 2.15 bits per heavy atom. The van der Waals surface area contributed by atoms with Crippen LogP contribution in [0.2, 0.25) is 0 Å². The van der Waals surface area contributed by atoms with Crippen molar-refractivity contribution >= 4 is 16.9 Å². The van der Waals surface area contributed by atoms with Crippen LogP contribution in [0.25, 0.3) is 11.0 Å². The van der Waals surface area contributed by atoms with Crippen molar-refractivity contribution in [2.45, 2.75) is 0 Å². The molecule has 7 heteroatoms. The SMILES string of the molecule is N#Cc1oc2ccccc2c1Oc1nc(N)ncc1F. The summed E-state index contributed by atoms with van der Waals surface area (Å²) >= 11 is 0. The Kier molecular flexibility index (Phi) is 2.69. The minimum absolute atomic E-state index is 0.0669. The fourth-order valence-corrected chi connectivity index (χ4v) is 1.73. The van der Waals surface area contributed by atoms with Crippen LogP contribution in [0, 0.1) is 17.1 Å². The molecule has 0 aliphatic carbocycles. The Morgan fingerprint density at radius 3 is 2.95 bits per heavy atom. The minimum Gasteiger partial charge on any atom is -0.442 e. The first-order valence-electron chi connectivity index (χ1n) is 5.56. The summed E-state index contributed by atoms with van der Waals surface area (Å²) in [4.78, 5) is 7.14. The number of anilines is 1. The Hall–Kier alpha value is -3.14. The smallest absolute Gasteiger partial charge is 0.261 e. The zero-order valence-electron chi connectivity index (χ0n) is 10.0. The average Bonchev–Trinajstić information content (AvgIpc) is 2.81. The Morgan fingerprint density at radius 1 is 1.35 bits per heavy atom. The lowest BCUT2D eigenvalue weighted by molar-refractivity contribution is 0.414. The molecule has 1 aromatic carbocycles. The monoisotopic (exact) mass is 270 g/mol. The summed E-state index contributed by atoms with van der Waals surface area (Å²) in [6.45, 7) is 0. The molecule has 0 radical (unpaired) electrons. The molecule has 0 atom stereocenters. The number of nitrogen functional groups attached to an aromatic ring is 1. The number of para-hydroxylation sites is 1. The van der Waals surface area contributed by atoms with Crippen LogP contribution in [-0.4, -0.2) is 9.97 Å². The molecular weight excluding hydrogens is 263 g/mol. The molecule has 2 N–H and O–H groups in total. The number of furan rings is 1. The second-order valence-electron chi connectivity index (χ2n) is 3.85. The van der Waals surface area contributed by atoms with Crippen molar-refractivity contribution in [2.75, 3.05) is 5.73 Å². The molecule has 0 saturated carbocycles. The average molecular weight is 270 g/mol. The summed E-state index contributed by atoms with van der Waals surface area (Å²) in [5.41, 5.74) is 5.84. The van der Waals surface area contributed by atoms with Crippen LogP contribution < -0.4 is 10.5 Å². The first kappa shape index (κ1) is 11.9. The topological polar surface area (TPSA) is 98.0 Å². The largest absolute Gasteiger partial charge is 0.442 e. The van der Waals surface area contributed by atoms with Gasteiger partial charge in [0.1, 0.15) is 11.7 Å². The lowest BCUT2D eigenvalue weighted by atomic mass is 10.2. The molecule has 0 amide bonds. The highest BCUT2D eigenvalue weighted by atomic mass is 19.1. The van der Waals surface area contributed by atoms with Gasteiger partial charge < -0.3 is 14.9 Å². The number of nitrogens with two attached hydrogens (primary N) is 1. The van der Waals surface area contributed by atoms with E-state index in [1.54, 1.807) is 24.3 Å². The molecule has 20 heavy (non-hydrogen) atoms. The second kappa shape index (κ2) is 4.51. The summed E-state index contributed by atoms with van der Waals surface area (Å²) in [6, 6.07) is 8.71. The predicted octanol–water partition coefficient (Wildman–Crippen LogP) is 2.61. The summed E-state index contributed by atoms with van der Waals surface area (Å²) in [5, 5.41) is 9.59. The van der Waals surface area contributed by atoms with E-state index >= 15 is 0 Å². The molecule has 3 aromatic rings. The fraction of sp³-hybridized carbons (Fsp3) is 0. The Bertz CT molecular complexity index is 838. The molecule has 0 saturated heterocycles. The molecule has 0 aliphatic heterocycles. The van der Waals surface area contributed by atoms with Crippen molar-refractivity contribution in [2.24, 2.45) is 0 Å². The Balaban J connectivity index is 2.15. The van der Waals surface area contributed by atoms with E-state index in [-0.39, 0.29) is 23.3 Å². The number of rotatable bonds is 2. The number of hydrogen-bond acceptors (Lipinski definition) is 6. The number of benzene rings is 1. The lowest BCUT2D eigenvalue weighted by Crippen LogP contribution is -1.99. The van der Waals surface area contributed by atoms with Crippen molar-refractivity contribution < 1.29 is 13.5 Å². The van der Waals surface area contributed by atoms with Gasteiger partial charge in [-0.15, -0.1) is 0 Å². The lowest BCUT2D eigenvalue weighted by Gasteiger charge is -2.04. The highest BCUT2D eigenvalue weighted by molar-refractivity contribution is 5.86. The number of nitriles is 1. The van der Waals surface area contributed by atoms with Gasteiger partial charge in [-0.25, -0.2) is 4.98 Å². The zero-order chi connectivity index (χ0) is 14.1. The standard InChI is InChI=1S/C13H7FN4O2/c14-8-6-17-13(16)18-12(8)20-11-7-3-1-2-4-9(7)19-10(11)5-15/h1-4,6H,(H2,16,17,18). The maximum absolute atomic E-state index is 13.6. The van der Waals surface area contributed by atoms with Gasteiger partial charge in [-0.2, -0.15) is 14.6 Å². The van der Waals surface area contributed by atoms with E-state index in [9.17, 15) is 4.39 Å². The molecule has 0 unspecified atom stereocenters. The molecule has 3 rings (SSSR count). The first-order valence-corrected chi connectivity index (χ1v) is 5.56. The van der Waals surface area contributed by atoms with Crippen molar-refractivity contribution in [1.29, 1.82) is 5.26 Å². The molecule has 2 heterocycles. The normalized spacial score (nSPS) is 10.4. The van der Waals surface area contributed by atoms with E-state index in [2.05, 4.69) is 9.97 Å². The number of nitrogens with zero attached hydrogens (tertiary/aromatic N) is 3. The summed E-state index contributed by atoms with van der Waals surface area (Å²) < 4.78 is 24.2. The second-order valence-corrected chi connectivity index (χ2v) is 3.85. The molecule has 98 valence electrons. The molecule has 2 aromatic heterocycles. The van der Waals surface area contributed by atoms with Gasteiger partial charge in [-0.3, -0.25) is 0 Å². The number of halogens is 1. The third kappa shape index (κ3) is 1.89. The van der Waals surface area contributed by atoms with E-state index in [1.165, 1.54) is 0 Å². The van der Waals surface area contributed by atoms with Crippen LogP contribution in [0.15, 0.2) is 34.9 Å².